The molecule has 2 aromatic carbocycles. The first kappa shape index (κ1) is 42.9. The molecule has 3 aliphatic heterocycles. The molecule has 1 amide bonds. The van der Waals surface area contributed by atoms with E-state index in [1.165, 1.54) is 29.5 Å². The molecule has 0 bridgehead atoms. The molecule has 18 heteroatoms. The number of hydrogen-bond donors (Lipinski definition) is 2. The van der Waals surface area contributed by atoms with E-state index >= 15 is 4.39 Å². The van der Waals surface area contributed by atoms with Gasteiger partial charge in [0, 0.05) is 88.0 Å². The number of carbonyl (C=O) groups is 1. The van der Waals surface area contributed by atoms with Crippen LogP contribution in [0.3, 0.4) is 0 Å². The normalized spacial score (nSPS) is 18.4. The number of nitrogens with one attached hydrogen (secondary N) is 1. The molecule has 2 saturated heterocycles. The largest absolute Gasteiger partial charge is 0.473 e. The fraction of sp³-hybridized carbons (Fsp3) is 0.390. The second kappa shape index (κ2) is 17.8. The summed E-state index contributed by atoms with van der Waals surface area (Å²) in [6.45, 7) is 8.51. The van der Waals surface area contributed by atoms with Gasteiger partial charge in [-0.05, 0) is 60.9 Å². The molecule has 3 aliphatic rings. The van der Waals surface area contributed by atoms with Gasteiger partial charge < -0.3 is 29.6 Å². The molecule has 5 heterocycles. The highest BCUT2D eigenvalue weighted by molar-refractivity contribution is 7.90. The average molecular weight is 890 g/mol. The van der Waals surface area contributed by atoms with Crippen LogP contribution in [0.4, 0.5) is 15.9 Å². The molecule has 4 aromatic rings. The predicted octanol–water partition coefficient (Wildman–Crippen LogP) is 7.60. The number of carbonyl (C=O) groups excluding carboxylic acids is 1. The number of nitrogens with zero attached hydrogens (tertiary/aromatic N) is 4. The lowest BCUT2D eigenvalue weighted by atomic mass is 9.87. The van der Waals surface area contributed by atoms with Crippen molar-refractivity contribution in [3.8, 4) is 17.4 Å². The lowest BCUT2D eigenvalue weighted by Gasteiger charge is -2.39. The summed E-state index contributed by atoms with van der Waals surface area (Å²) in [4.78, 5) is 25.9. The Bertz CT molecular complexity index is 2340. The number of anilines is 2. The van der Waals surface area contributed by atoms with Crippen molar-refractivity contribution in [3.05, 3.63) is 98.8 Å². The highest BCUT2D eigenvalue weighted by Crippen LogP contribution is 2.37. The molecule has 0 unspecified atom stereocenters. The highest BCUT2D eigenvalue weighted by Gasteiger charge is 2.34. The number of nitrogen functional groups attached to an aromatic ring is 1. The molecular formula is C41H44Cl3FN6O7S. The van der Waals surface area contributed by atoms with E-state index in [9.17, 15) is 13.2 Å². The fourth-order valence-corrected chi connectivity index (χ4v) is 8.58. The average Bonchev–Trinajstić information content (AvgIpc) is 3.20. The van der Waals surface area contributed by atoms with Gasteiger partial charge in [0.1, 0.15) is 39.5 Å². The van der Waals surface area contributed by atoms with Crippen molar-refractivity contribution >= 4 is 67.8 Å². The van der Waals surface area contributed by atoms with Crippen LogP contribution in [0.5, 0.6) is 17.4 Å². The molecule has 7 rings (SSSR count). The van der Waals surface area contributed by atoms with E-state index in [1.54, 1.807) is 12.1 Å². The Labute approximate surface area is 357 Å². The van der Waals surface area contributed by atoms with Crippen LogP contribution >= 0.6 is 34.8 Å². The summed E-state index contributed by atoms with van der Waals surface area (Å²) in [5, 5.41) is 0.652. The number of nitrogens with two attached hydrogens (primary N) is 1. The van der Waals surface area contributed by atoms with Gasteiger partial charge in [0.2, 0.25) is 5.88 Å². The SMILES string of the molecule is CC1(C)CC(c2ccc(Cl)cc2)=C(CN2CCN(c3ccc(C(=O)NS(=O)(=O)c4cnc(OCC5(F)CCOCC5)c(Cl)c4)c(Oc4cnc(N)c(Cl)c4)c3)CC2)CO1. The van der Waals surface area contributed by atoms with Gasteiger partial charge in [0.15, 0.2) is 0 Å². The number of pyridine rings is 2. The number of ether oxygens (including phenoxy) is 4. The zero-order valence-corrected chi connectivity index (χ0v) is 35.6. The van der Waals surface area contributed by atoms with Crippen molar-refractivity contribution in [2.75, 3.05) is 69.8 Å². The minimum absolute atomic E-state index is 0.0492. The Morgan fingerprint density at radius 2 is 1.69 bits per heavy atom. The van der Waals surface area contributed by atoms with Gasteiger partial charge in [-0.15, -0.1) is 0 Å². The molecule has 0 radical (unpaired) electrons. The maximum Gasteiger partial charge on any atom is 0.268 e. The Morgan fingerprint density at radius 3 is 2.39 bits per heavy atom. The van der Waals surface area contributed by atoms with Crippen molar-refractivity contribution < 1.29 is 36.6 Å². The van der Waals surface area contributed by atoms with Crippen LogP contribution in [-0.2, 0) is 19.5 Å². The maximum absolute atomic E-state index is 15.0. The summed E-state index contributed by atoms with van der Waals surface area (Å²) in [5.74, 6) is -0.814. The van der Waals surface area contributed by atoms with Gasteiger partial charge in [-0.1, -0.05) is 46.9 Å². The van der Waals surface area contributed by atoms with E-state index in [0.29, 0.717) is 24.7 Å². The summed E-state index contributed by atoms with van der Waals surface area (Å²) in [5.41, 5.74) is 8.22. The Balaban J connectivity index is 1.07. The predicted molar refractivity (Wildman–Crippen MR) is 225 cm³/mol. The van der Waals surface area contributed by atoms with Gasteiger partial charge in [0.25, 0.3) is 15.9 Å². The molecule has 314 valence electrons. The smallest absolute Gasteiger partial charge is 0.268 e. The van der Waals surface area contributed by atoms with Crippen molar-refractivity contribution in [2.45, 2.75) is 49.3 Å². The van der Waals surface area contributed by atoms with Crippen molar-refractivity contribution in [3.63, 3.8) is 0 Å². The van der Waals surface area contributed by atoms with Crippen molar-refractivity contribution in [1.29, 1.82) is 0 Å². The van der Waals surface area contributed by atoms with Crippen LogP contribution in [0.15, 0.2) is 77.5 Å². The number of alkyl halides is 1. The number of halogens is 4. The number of sulfonamides is 1. The quantitative estimate of drug-likeness (QED) is 0.144. The molecular weight excluding hydrogens is 846 g/mol. The van der Waals surface area contributed by atoms with Crippen LogP contribution in [0.25, 0.3) is 5.57 Å². The van der Waals surface area contributed by atoms with Gasteiger partial charge in [-0.2, -0.15) is 0 Å². The zero-order valence-electron chi connectivity index (χ0n) is 32.5. The molecule has 0 spiro atoms. The van der Waals surface area contributed by atoms with E-state index in [2.05, 4.69) is 50.5 Å². The van der Waals surface area contributed by atoms with E-state index in [1.807, 2.05) is 12.1 Å². The van der Waals surface area contributed by atoms with Crippen molar-refractivity contribution in [2.24, 2.45) is 0 Å². The van der Waals surface area contributed by atoms with Crippen molar-refractivity contribution in [1.82, 2.24) is 19.6 Å². The van der Waals surface area contributed by atoms with Gasteiger partial charge >= 0.3 is 0 Å². The fourth-order valence-electron chi connectivity index (χ4n) is 7.07. The minimum atomic E-state index is -4.51. The first-order chi connectivity index (χ1) is 28.1. The van der Waals surface area contributed by atoms with E-state index in [0.717, 1.165) is 49.6 Å². The number of rotatable bonds is 12. The number of benzene rings is 2. The molecule has 0 atom stereocenters. The molecule has 3 N–H and O–H groups in total. The standard InChI is InChI=1S/C41H44Cl3FN6O7S/c1-40(2)20-33(26-3-5-28(42)6-4-26)27(24-57-40)23-50-11-13-51(14-12-50)29-7-8-32(36(17-29)58-30-18-34(43)37(46)47-21-30)38(52)49-59(53,54)31-19-35(44)39(48-22-31)56-25-41(45)9-15-55-16-10-41/h3-8,17-19,21-22H,9-16,20,23-25H2,1-2H3,(H2,46,47)(H,49,52). The lowest BCUT2D eigenvalue weighted by molar-refractivity contribution is -0.0331. The summed E-state index contributed by atoms with van der Waals surface area (Å²) in [6.07, 6.45) is 3.40. The van der Waals surface area contributed by atoms with E-state index in [4.69, 9.17) is 59.5 Å². The van der Waals surface area contributed by atoms with Gasteiger partial charge in [-0.3, -0.25) is 9.69 Å². The topological polar surface area (TPSA) is 158 Å². The monoisotopic (exact) mass is 888 g/mol. The third-order valence-corrected chi connectivity index (χ3v) is 12.6. The number of aromatic nitrogens is 2. The second-order valence-electron chi connectivity index (χ2n) is 15.3. The maximum atomic E-state index is 15.0. The Kier molecular flexibility index (Phi) is 12.9. The Morgan fingerprint density at radius 1 is 0.966 bits per heavy atom. The lowest BCUT2D eigenvalue weighted by Crippen LogP contribution is -2.47. The van der Waals surface area contributed by atoms with E-state index in [-0.39, 0.29) is 77.1 Å². The van der Waals surface area contributed by atoms with Crippen LogP contribution in [-0.4, -0.2) is 99.6 Å². The second-order valence-corrected chi connectivity index (χ2v) is 18.3. The first-order valence-corrected chi connectivity index (χ1v) is 21.6. The Hall–Kier alpha value is -4.22. The first-order valence-electron chi connectivity index (χ1n) is 19.0. The molecule has 2 fully saturated rings. The van der Waals surface area contributed by atoms with Gasteiger partial charge in [0.05, 0.1) is 35.2 Å². The summed E-state index contributed by atoms with van der Waals surface area (Å²) < 4.78 is 67.1. The third kappa shape index (κ3) is 10.6. The number of hydrogen-bond acceptors (Lipinski definition) is 12. The minimum Gasteiger partial charge on any atom is -0.473 e. The van der Waals surface area contributed by atoms with E-state index < -0.39 is 26.5 Å². The highest BCUT2D eigenvalue weighted by atomic mass is 35.5. The zero-order chi connectivity index (χ0) is 42.0. The summed E-state index contributed by atoms with van der Waals surface area (Å²) >= 11 is 18.7. The van der Waals surface area contributed by atoms with Crippen LogP contribution < -0.4 is 24.8 Å². The third-order valence-electron chi connectivity index (χ3n) is 10.5. The number of piperazine rings is 1. The molecule has 59 heavy (non-hydrogen) atoms. The van der Waals surface area contributed by atoms with Crippen LogP contribution in [0, 0.1) is 0 Å². The molecule has 0 saturated carbocycles. The van der Waals surface area contributed by atoms with Gasteiger partial charge in [-0.25, -0.2) is 27.5 Å². The van der Waals surface area contributed by atoms with Crippen LogP contribution in [0.2, 0.25) is 15.1 Å². The molecule has 0 aliphatic carbocycles. The van der Waals surface area contributed by atoms with Crippen LogP contribution in [0.1, 0.15) is 49.0 Å². The number of amides is 1. The molecule has 2 aromatic heterocycles. The molecule has 13 nitrogen and oxygen atoms in total. The summed E-state index contributed by atoms with van der Waals surface area (Å²) in [6, 6.07) is 15.4. The summed E-state index contributed by atoms with van der Waals surface area (Å²) in [7, 11) is -4.51.